The third-order valence-electron chi connectivity index (χ3n) is 3.23. The Morgan fingerprint density at radius 2 is 2.00 bits per heavy atom. The summed E-state index contributed by atoms with van der Waals surface area (Å²) >= 11 is 0. The number of benzene rings is 1. The van der Waals surface area contributed by atoms with Crippen molar-refractivity contribution in [2.45, 2.75) is 38.0 Å². The molecule has 1 N–H and O–H groups in total. The largest absolute Gasteiger partial charge is 0.481 e. The maximum Gasteiger partial charge on any atom is 0.313 e. The van der Waals surface area contributed by atoms with Crippen LogP contribution >= 0.6 is 0 Å². The molecule has 0 amide bonds. The van der Waals surface area contributed by atoms with Crippen LogP contribution in [-0.4, -0.2) is 11.1 Å². The number of aliphatic carboxylic acids is 1. The molecular formula is C13H15FO2. The second kappa shape index (κ2) is 3.58. The molecular weight excluding hydrogens is 207 g/mol. The molecule has 86 valence electrons. The van der Waals surface area contributed by atoms with Gasteiger partial charge in [0.25, 0.3) is 0 Å². The zero-order valence-electron chi connectivity index (χ0n) is 9.46. The fourth-order valence-corrected chi connectivity index (χ4v) is 1.75. The molecule has 0 atom stereocenters. The van der Waals surface area contributed by atoms with E-state index in [1.54, 1.807) is 13.8 Å². The molecule has 16 heavy (non-hydrogen) atoms. The summed E-state index contributed by atoms with van der Waals surface area (Å²) in [5, 5.41) is 9.11. The van der Waals surface area contributed by atoms with E-state index < -0.39 is 11.4 Å². The van der Waals surface area contributed by atoms with Gasteiger partial charge in [-0.25, -0.2) is 4.39 Å². The molecule has 1 aromatic rings. The number of halogens is 1. The summed E-state index contributed by atoms with van der Waals surface area (Å²) in [6.07, 6.45) is 2.16. The molecule has 1 saturated carbocycles. The first-order valence-electron chi connectivity index (χ1n) is 5.45. The molecule has 0 saturated heterocycles. The lowest BCUT2D eigenvalue weighted by molar-refractivity contribution is -0.142. The van der Waals surface area contributed by atoms with Crippen molar-refractivity contribution in [2.75, 3.05) is 0 Å². The van der Waals surface area contributed by atoms with Crippen LogP contribution in [0.1, 0.15) is 43.7 Å². The third kappa shape index (κ3) is 1.94. The van der Waals surface area contributed by atoms with Crippen LogP contribution in [0.25, 0.3) is 0 Å². The number of rotatable bonds is 3. The molecule has 0 spiro atoms. The van der Waals surface area contributed by atoms with Gasteiger partial charge in [0.05, 0.1) is 5.41 Å². The van der Waals surface area contributed by atoms with Crippen LogP contribution in [-0.2, 0) is 10.2 Å². The van der Waals surface area contributed by atoms with Crippen molar-refractivity contribution in [1.82, 2.24) is 0 Å². The van der Waals surface area contributed by atoms with Gasteiger partial charge < -0.3 is 5.11 Å². The van der Waals surface area contributed by atoms with Gasteiger partial charge in [-0.05, 0) is 55.9 Å². The summed E-state index contributed by atoms with van der Waals surface area (Å²) in [6, 6.07) is 4.66. The van der Waals surface area contributed by atoms with Crippen LogP contribution in [0, 0.1) is 5.82 Å². The van der Waals surface area contributed by atoms with Gasteiger partial charge in [0.2, 0.25) is 0 Å². The van der Waals surface area contributed by atoms with Gasteiger partial charge >= 0.3 is 5.97 Å². The smallest absolute Gasteiger partial charge is 0.313 e. The zero-order valence-corrected chi connectivity index (χ0v) is 9.46. The molecule has 0 aromatic heterocycles. The highest BCUT2D eigenvalue weighted by molar-refractivity contribution is 5.80. The van der Waals surface area contributed by atoms with Crippen LogP contribution in [0.15, 0.2) is 18.2 Å². The molecule has 0 unspecified atom stereocenters. The quantitative estimate of drug-likeness (QED) is 0.853. The lowest BCUT2D eigenvalue weighted by atomic mass is 9.83. The maximum atomic E-state index is 13.4. The van der Waals surface area contributed by atoms with Crippen LogP contribution in [0.4, 0.5) is 4.39 Å². The van der Waals surface area contributed by atoms with Gasteiger partial charge in [-0.15, -0.1) is 0 Å². The number of carboxylic acids is 1. The summed E-state index contributed by atoms with van der Waals surface area (Å²) in [4.78, 5) is 11.1. The molecule has 1 fully saturated rings. The molecule has 2 nitrogen and oxygen atoms in total. The monoisotopic (exact) mass is 222 g/mol. The van der Waals surface area contributed by atoms with E-state index in [2.05, 4.69) is 0 Å². The number of hydrogen-bond acceptors (Lipinski definition) is 1. The average molecular weight is 222 g/mol. The molecule has 1 aliphatic carbocycles. The lowest BCUT2D eigenvalue weighted by Gasteiger charge is -2.20. The van der Waals surface area contributed by atoms with E-state index in [0.29, 0.717) is 11.5 Å². The van der Waals surface area contributed by atoms with E-state index in [0.717, 1.165) is 18.4 Å². The molecule has 1 aliphatic rings. The summed E-state index contributed by atoms with van der Waals surface area (Å²) < 4.78 is 13.4. The Kier molecular flexibility index (Phi) is 2.49. The summed E-state index contributed by atoms with van der Waals surface area (Å²) in [5.41, 5.74) is 0.442. The van der Waals surface area contributed by atoms with Gasteiger partial charge in [-0.1, -0.05) is 6.07 Å². The standard InChI is InChI=1S/C13H15FO2/c1-13(2,12(15)16)10-5-9(8-3-4-8)6-11(14)7-10/h5-8H,3-4H2,1-2H3,(H,15,16). The minimum atomic E-state index is -1.04. The summed E-state index contributed by atoms with van der Waals surface area (Å²) in [5.74, 6) is -0.840. The molecule has 3 heteroatoms. The Morgan fingerprint density at radius 1 is 1.38 bits per heavy atom. The predicted octanol–water partition coefficient (Wildman–Crippen LogP) is 3.07. The first kappa shape index (κ1) is 11.1. The van der Waals surface area contributed by atoms with Gasteiger partial charge in [-0.3, -0.25) is 4.79 Å². The second-order valence-corrected chi connectivity index (χ2v) is 4.98. The SMILES string of the molecule is CC(C)(C(=O)O)c1cc(F)cc(C2CC2)c1. The molecule has 1 aromatic carbocycles. The van der Waals surface area contributed by atoms with Crippen molar-refractivity contribution in [3.05, 3.63) is 35.1 Å². The zero-order chi connectivity index (χ0) is 11.9. The van der Waals surface area contributed by atoms with E-state index in [1.165, 1.54) is 12.1 Å². The van der Waals surface area contributed by atoms with Gasteiger partial charge in [0.1, 0.15) is 5.82 Å². The molecule has 2 rings (SSSR count). The van der Waals surface area contributed by atoms with E-state index in [1.807, 2.05) is 6.07 Å². The topological polar surface area (TPSA) is 37.3 Å². The van der Waals surface area contributed by atoms with Gasteiger partial charge in [-0.2, -0.15) is 0 Å². The Morgan fingerprint density at radius 3 is 2.50 bits per heavy atom. The van der Waals surface area contributed by atoms with Gasteiger partial charge in [0.15, 0.2) is 0 Å². The number of hydrogen-bond donors (Lipinski definition) is 1. The fourth-order valence-electron chi connectivity index (χ4n) is 1.75. The highest BCUT2D eigenvalue weighted by Crippen LogP contribution is 2.41. The van der Waals surface area contributed by atoms with Crippen molar-refractivity contribution in [3.63, 3.8) is 0 Å². The van der Waals surface area contributed by atoms with Gasteiger partial charge in [0, 0.05) is 0 Å². The number of carbonyl (C=O) groups is 1. The molecule has 0 bridgehead atoms. The molecule has 0 aliphatic heterocycles. The second-order valence-electron chi connectivity index (χ2n) is 4.98. The van der Waals surface area contributed by atoms with Crippen molar-refractivity contribution < 1.29 is 14.3 Å². The average Bonchev–Trinajstić information content (AvgIpc) is 2.99. The van der Waals surface area contributed by atoms with Crippen LogP contribution in [0.5, 0.6) is 0 Å². The lowest BCUT2D eigenvalue weighted by Crippen LogP contribution is -2.28. The maximum absolute atomic E-state index is 13.4. The van der Waals surface area contributed by atoms with E-state index >= 15 is 0 Å². The number of carboxylic acid groups (broad SMARTS) is 1. The highest BCUT2D eigenvalue weighted by Gasteiger charge is 2.32. The van der Waals surface area contributed by atoms with Crippen molar-refractivity contribution in [2.24, 2.45) is 0 Å². The van der Waals surface area contributed by atoms with Crippen molar-refractivity contribution in [3.8, 4) is 0 Å². The summed E-state index contributed by atoms with van der Waals surface area (Å²) in [6.45, 7) is 3.20. The van der Waals surface area contributed by atoms with Crippen LogP contribution in [0.2, 0.25) is 0 Å². The molecule has 0 heterocycles. The summed E-state index contributed by atoms with van der Waals surface area (Å²) in [7, 11) is 0. The van der Waals surface area contributed by atoms with Crippen molar-refractivity contribution >= 4 is 5.97 Å². The third-order valence-corrected chi connectivity index (χ3v) is 3.23. The highest BCUT2D eigenvalue weighted by atomic mass is 19.1. The first-order chi connectivity index (χ1) is 7.41. The van der Waals surface area contributed by atoms with E-state index in [4.69, 9.17) is 5.11 Å². The van der Waals surface area contributed by atoms with E-state index in [-0.39, 0.29) is 5.82 Å². The Labute approximate surface area is 94.1 Å². The normalized spacial score (nSPS) is 16.2. The van der Waals surface area contributed by atoms with E-state index in [9.17, 15) is 9.18 Å². The minimum absolute atomic E-state index is 0.339. The fraction of sp³-hybridized carbons (Fsp3) is 0.462. The predicted molar refractivity (Wildman–Crippen MR) is 59.0 cm³/mol. The van der Waals surface area contributed by atoms with Crippen molar-refractivity contribution in [1.29, 1.82) is 0 Å². The Bertz CT molecular complexity index is 434. The Hall–Kier alpha value is -1.38. The van der Waals surface area contributed by atoms with Crippen LogP contribution in [0.3, 0.4) is 0 Å². The van der Waals surface area contributed by atoms with Crippen LogP contribution < -0.4 is 0 Å². The first-order valence-corrected chi connectivity index (χ1v) is 5.45. The minimum Gasteiger partial charge on any atom is -0.481 e. The Balaban J connectivity index is 2.44. The molecule has 0 radical (unpaired) electrons.